The van der Waals surface area contributed by atoms with E-state index in [-0.39, 0.29) is 16.1 Å². The van der Waals surface area contributed by atoms with Crippen molar-refractivity contribution in [1.82, 2.24) is 0 Å². The van der Waals surface area contributed by atoms with Gasteiger partial charge >= 0.3 is 5.97 Å². The fraction of sp³-hybridized carbons (Fsp3) is 0. The summed E-state index contributed by atoms with van der Waals surface area (Å²) in [5.74, 6) is -2.49. The Morgan fingerprint density at radius 2 is 1.55 bits per heavy atom. The summed E-state index contributed by atoms with van der Waals surface area (Å²) in [6.07, 6.45) is 0. The number of carboxylic acid groups (broad SMARTS) is 1. The molecule has 0 unspecified atom stereocenters. The van der Waals surface area contributed by atoms with Crippen molar-refractivity contribution in [2.45, 2.75) is 4.90 Å². The van der Waals surface area contributed by atoms with Crippen LogP contribution >= 0.6 is 0 Å². The largest absolute Gasteiger partial charge is 0.507 e. The van der Waals surface area contributed by atoms with Gasteiger partial charge in [-0.1, -0.05) is 24.3 Å². The quantitative estimate of drug-likeness (QED) is 0.489. The Kier molecular flexibility index (Phi) is 5.24. The number of anilines is 1. The first-order chi connectivity index (χ1) is 13.7. The van der Waals surface area contributed by atoms with Crippen molar-refractivity contribution in [3.05, 3.63) is 77.9 Å². The van der Waals surface area contributed by atoms with Gasteiger partial charge in [0, 0.05) is 11.6 Å². The summed E-state index contributed by atoms with van der Waals surface area (Å²) in [5, 5.41) is 18.7. The van der Waals surface area contributed by atoms with Crippen LogP contribution in [0.4, 0.5) is 5.69 Å². The fourth-order valence-corrected chi connectivity index (χ4v) is 3.78. The van der Waals surface area contributed by atoms with Crippen molar-refractivity contribution in [3.8, 4) is 16.9 Å². The van der Waals surface area contributed by atoms with Crippen LogP contribution in [-0.2, 0) is 10.0 Å². The molecule has 0 aliphatic rings. The molecule has 0 aromatic heterocycles. The molecule has 148 valence electrons. The van der Waals surface area contributed by atoms with E-state index in [1.165, 1.54) is 18.2 Å². The van der Waals surface area contributed by atoms with E-state index in [0.29, 0.717) is 16.7 Å². The Morgan fingerprint density at radius 3 is 2.17 bits per heavy atom. The molecule has 3 aromatic rings. The number of nitrogens with one attached hydrogen (secondary N) is 1. The molecule has 3 rings (SSSR count). The van der Waals surface area contributed by atoms with Crippen molar-refractivity contribution in [1.29, 1.82) is 0 Å². The van der Waals surface area contributed by atoms with Crippen molar-refractivity contribution in [2.24, 2.45) is 5.73 Å². The first kappa shape index (κ1) is 19.9. The molecule has 0 atom stereocenters. The molecule has 0 saturated heterocycles. The number of sulfonamides is 1. The molecule has 0 aliphatic carbocycles. The van der Waals surface area contributed by atoms with Gasteiger partial charge < -0.3 is 15.9 Å². The Morgan fingerprint density at radius 1 is 0.897 bits per heavy atom. The third kappa shape index (κ3) is 4.36. The second-order valence-corrected chi connectivity index (χ2v) is 7.80. The predicted octanol–water partition coefficient (Wildman–Crippen LogP) is 2.66. The lowest BCUT2D eigenvalue weighted by molar-refractivity contribution is 0.0693. The normalized spacial score (nSPS) is 11.0. The van der Waals surface area contributed by atoms with E-state index in [1.54, 1.807) is 36.4 Å². The molecule has 0 spiro atoms. The zero-order valence-electron chi connectivity index (χ0n) is 14.9. The summed E-state index contributed by atoms with van der Waals surface area (Å²) < 4.78 is 27.7. The average Bonchev–Trinajstić information content (AvgIpc) is 2.67. The predicted molar refractivity (Wildman–Crippen MR) is 106 cm³/mol. The van der Waals surface area contributed by atoms with Crippen LogP contribution < -0.4 is 10.5 Å². The van der Waals surface area contributed by atoms with Gasteiger partial charge in [-0.2, -0.15) is 0 Å². The second kappa shape index (κ2) is 7.64. The zero-order valence-corrected chi connectivity index (χ0v) is 15.7. The third-order valence-electron chi connectivity index (χ3n) is 4.11. The van der Waals surface area contributed by atoms with Crippen molar-refractivity contribution >= 4 is 27.6 Å². The van der Waals surface area contributed by atoms with Crippen LogP contribution in [0.25, 0.3) is 11.1 Å². The van der Waals surface area contributed by atoms with Gasteiger partial charge in [0.15, 0.2) is 0 Å². The number of benzene rings is 3. The fourth-order valence-electron chi connectivity index (χ4n) is 2.68. The highest BCUT2D eigenvalue weighted by Crippen LogP contribution is 2.27. The molecule has 0 bridgehead atoms. The zero-order chi connectivity index (χ0) is 21.2. The number of carbonyl (C=O) groups excluding carboxylic acids is 1. The topological polar surface area (TPSA) is 147 Å². The molecule has 29 heavy (non-hydrogen) atoms. The van der Waals surface area contributed by atoms with Gasteiger partial charge in [-0.15, -0.1) is 0 Å². The number of phenols is 1. The van der Waals surface area contributed by atoms with Crippen LogP contribution in [0.5, 0.6) is 5.75 Å². The number of aromatic hydroxyl groups is 1. The van der Waals surface area contributed by atoms with E-state index in [4.69, 9.17) is 10.8 Å². The molecule has 0 saturated carbocycles. The first-order valence-corrected chi connectivity index (χ1v) is 9.75. The molecule has 0 heterocycles. The Labute approximate surface area is 166 Å². The summed E-state index contributed by atoms with van der Waals surface area (Å²) in [6.45, 7) is 0. The minimum absolute atomic E-state index is 0.00799. The number of carbonyl (C=O) groups is 2. The van der Waals surface area contributed by atoms with Gasteiger partial charge in [0.2, 0.25) is 5.91 Å². The van der Waals surface area contributed by atoms with E-state index >= 15 is 0 Å². The number of rotatable bonds is 6. The lowest BCUT2D eigenvalue weighted by Crippen LogP contribution is -2.13. The second-order valence-electron chi connectivity index (χ2n) is 6.12. The monoisotopic (exact) mass is 412 g/mol. The van der Waals surface area contributed by atoms with E-state index in [1.807, 2.05) is 0 Å². The van der Waals surface area contributed by atoms with Crippen LogP contribution in [-0.4, -0.2) is 30.5 Å². The number of primary amides is 1. The summed E-state index contributed by atoms with van der Waals surface area (Å²) in [6, 6.07) is 15.9. The van der Waals surface area contributed by atoms with Crippen molar-refractivity contribution in [2.75, 3.05) is 4.72 Å². The molecule has 0 radical (unpaired) electrons. The molecular formula is C20H16N2O6S. The van der Waals surface area contributed by atoms with Crippen LogP contribution in [0.15, 0.2) is 71.6 Å². The van der Waals surface area contributed by atoms with Gasteiger partial charge in [-0.3, -0.25) is 9.52 Å². The van der Waals surface area contributed by atoms with Gasteiger partial charge in [-0.05, 0) is 47.5 Å². The highest BCUT2D eigenvalue weighted by Gasteiger charge is 2.17. The lowest BCUT2D eigenvalue weighted by atomic mass is 10.0. The number of hydrogen-bond acceptors (Lipinski definition) is 5. The number of carboxylic acids is 1. The molecule has 0 aliphatic heterocycles. The Hall–Kier alpha value is -3.85. The van der Waals surface area contributed by atoms with Gasteiger partial charge in [0.1, 0.15) is 11.3 Å². The van der Waals surface area contributed by atoms with Crippen molar-refractivity contribution < 1.29 is 28.2 Å². The highest BCUT2D eigenvalue weighted by molar-refractivity contribution is 7.92. The summed E-state index contributed by atoms with van der Waals surface area (Å²) in [4.78, 5) is 22.3. The Balaban J connectivity index is 1.93. The number of nitrogens with two attached hydrogens (primary N) is 1. The average molecular weight is 412 g/mol. The van der Waals surface area contributed by atoms with E-state index in [9.17, 15) is 23.1 Å². The summed E-state index contributed by atoms with van der Waals surface area (Å²) in [5.41, 5.74) is 6.41. The maximum Gasteiger partial charge on any atom is 0.339 e. The standard InChI is InChI=1S/C20H16N2O6S/c21-19(24)14-5-1-3-12(9-14)13-4-2-6-16(10-13)29(27,28)22-15-7-8-17(20(25)26)18(23)11-15/h1-11,22-23H,(H2,21,24)(H,25,26). The van der Waals surface area contributed by atoms with Crippen LogP contribution in [0.3, 0.4) is 0 Å². The molecule has 8 nitrogen and oxygen atoms in total. The number of aromatic carboxylic acids is 1. The minimum Gasteiger partial charge on any atom is -0.507 e. The molecule has 5 N–H and O–H groups in total. The molecule has 9 heteroatoms. The lowest BCUT2D eigenvalue weighted by Gasteiger charge is -2.11. The smallest absolute Gasteiger partial charge is 0.339 e. The van der Waals surface area contributed by atoms with Crippen LogP contribution in [0.2, 0.25) is 0 Å². The van der Waals surface area contributed by atoms with Crippen molar-refractivity contribution in [3.63, 3.8) is 0 Å². The molecular weight excluding hydrogens is 396 g/mol. The Bertz CT molecular complexity index is 1220. The number of amides is 1. The first-order valence-electron chi connectivity index (χ1n) is 8.27. The molecule has 3 aromatic carbocycles. The maximum atomic E-state index is 12.7. The SMILES string of the molecule is NC(=O)c1cccc(-c2cccc(S(=O)(=O)Nc3ccc(C(=O)O)c(O)c3)c2)c1. The summed E-state index contributed by atoms with van der Waals surface area (Å²) >= 11 is 0. The minimum atomic E-state index is -4.02. The van der Waals surface area contributed by atoms with Gasteiger partial charge in [-0.25, -0.2) is 13.2 Å². The molecule has 0 fully saturated rings. The van der Waals surface area contributed by atoms with Gasteiger partial charge in [0.05, 0.1) is 10.6 Å². The maximum absolute atomic E-state index is 12.7. The molecule has 1 amide bonds. The highest BCUT2D eigenvalue weighted by atomic mass is 32.2. The summed E-state index contributed by atoms with van der Waals surface area (Å²) in [7, 11) is -4.02. The van der Waals surface area contributed by atoms with Gasteiger partial charge in [0.25, 0.3) is 10.0 Å². The van der Waals surface area contributed by atoms with Crippen LogP contribution in [0, 0.1) is 0 Å². The third-order valence-corrected chi connectivity index (χ3v) is 5.48. The van der Waals surface area contributed by atoms with Crippen LogP contribution in [0.1, 0.15) is 20.7 Å². The van der Waals surface area contributed by atoms with E-state index < -0.39 is 27.6 Å². The van der Waals surface area contributed by atoms with E-state index in [2.05, 4.69) is 4.72 Å². The van der Waals surface area contributed by atoms with E-state index in [0.717, 1.165) is 12.1 Å². The number of hydrogen-bond donors (Lipinski definition) is 4.